The molecule has 0 spiro atoms. The molecule has 27 heavy (non-hydrogen) atoms. The summed E-state index contributed by atoms with van der Waals surface area (Å²) in [6.45, 7) is 3.51. The number of carbonyl (C=O) groups excluding carboxylic acids is 4. The summed E-state index contributed by atoms with van der Waals surface area (Å²) in [5.74, 6) is 0. The number of nitrogens with zero attached hydrogens (tertiary/aromatic N) is 4. The first-order valence-corrected chi connectivity index (χ1v) is 7.09. The van der Waals surface area contributed by atoms with Gasteiger partial charge in [-0.3, -0.25) is 0 Å². The van der Waals surface area contributed by atoms with Gasteiger partial charge in [-0.15, -0.1) is 24.0 Å². The van der Waals surface area contributed by atoms with Crippen LogP contribution in [0, 0.1) is 13.8 Å². The molecule has 0 atom stereocenters. The molecule has 0 aliphatic rings. The normalized spacial score (nSPS) is 8.37. The molecule has 0 aliphatic carbocycles. The second-order valence-corrected chi connectivity index (χ2v) is 4.70. The van der Waals surface area contributed by atoms with Crippen molar-refractivity contribution < 1.29 is 22.1 Å². The third kappa shape index (κ3) is 7.63. The van der Waals surface area contributed by atoms with Crippen LogP contribution in [-0.4, -0.2) is 24.3 Å². The second kappa shape index (κ2) is 13.0. The first-order chi connectivity index (χ1) is 13.6. The molecular weight excluding hydrogens is 463 g/mol. The van der Waals surface area contributed by atoms with Crippen LogP contribution in [0.4, 0.5) is 22.7 Å². The molecule has 0 aromatic heterocycles. The molecule has 0 fully saturated rings. The predicted molar refractivity (Wildman–Crippen MR) is 111 cm³/mol. The van der Waals surface area contributed by atoms with E-state index in [1.807, 2.05) is 0 Å². The van der Waals surface area contributed by atoms with Crippen molar-refractivity contribution >= 4 is 71.0 Å². The Kier molecular flexibility index (Phi) is 10.4. The van der Waals surface area contributed by atoms with Gasteiger partial charge in [-0.2, -0.15) is 20.0 Å². The lowest BCUT2D eigenvalue weighted by atomic mass is 10.1. The van der Waals surface area contributed by atoms with E-state index in [9.17, 15) is 19.2 Å². The Morgan fingerprint density at radius 1 is 0.778 bits per heavy atom. The van der Waals surface area contributed by atoms with Gasteiger partial charge in [0.2, 0.25) is 24.3 Å². The molecule has 0 radical (unpaired) electrons. The van der Waals surface area contributed by atoms with Crippen molar-refractivity contribution in [3.63, 3.8) is 0 Å². The van der Waals surface area contributed by atoms with Crippen molar-refractivity contribution in [3.05, 3.63) is 47.5 Å². The van der Waals surface area contributed by atoms with Gasteiger partial charge in [-0.1, -0.05) is 12.1 Å². The summed E-state index contributed by atoms with van der Waals surface area (Å²) in [4.78, 5) is 53.7. The van der Waals surface area contributed by atoms with Crippen molar-refractivity contribution in [2.75, 3.05) is 0 Å². The fourth-order valence-corrected chi connectivity index (χ4v) is 1.84. The van der Waals surface area contributed by atoms with Gasteiger partial charge in [0.1, 0.15) is 0 Å². The van der Waals surface area contributed by atoms with Crippen LogP contribution in [0.5, 0.6) is 0 Å². The first kappa shape index (κ1) is 21.7. The Labute approximate surface area is 174 Å². The van der Waals surface area contributed by atoms with Crippen LogP contribution in [0.1, 0.15) is 14.1 Å². The van der Waals surface area contributed by atoms with Gasteiger partial charge in [-0.25, -0.2) is 19.2 Å². The smallest absolute Gasteiger partial charge is 0.211 e. The molecule has 0 saturated carbocycles. The zero-order valence-corrected chi connectivity index (χ0v) is 16.6. The monoisotopic (exact) mass is 481 g/mol. The van der Waals surface area contributed by atoms with Crippen LogP contribution in [0.15, 0.2) is 56.4 Å². The van der Waals surface area contributed by atoms with Crippen LogP contribution in [0.3, 0.4) is 0 Å². The Morgan fingerprint density at radius 3 is 1.74 bits per heavy atom. The highest BCUT2D eigenvalue weighted by atomic mass is 127. The molecule has 0 bridgehead atoms. The second-order valence-electron chi connectivity index (χ2n) is 4.70. The molecular formula is C18H15IN4O4. The van der Waals surface area contributed by atoms with E-state index in [2.05, 4.69) is 20.0 Å². The summed E-state index contributed by atoms with van der Waals surface area (Å²) in [5.41, 5.74) is 3.31. The van der Waals surface area contributed by atoms with Gasteiger partial charge in [0, 0.05) is 8.53 Å². The van der Waals surface area contributed by atoms with Gasteiger partial charge in [-0.05, 0) is 43.7 Å². The van der Waals surface area contributed by atoms with Crippen LogP contribution in [0.25, 0.3) is 0 Å². The summed E-state index contributed by atoms with van der Waals surface area (Å²) in [5, 5.41) is 0. The molecule has 9 heteroatoms. The van der Waals surface area contributed by atoms with Gasteiger partial charge in [0.25, 0.3) is 0 Å². The largest absolute Gasteiger partial charge is 0.240 e. The van der Waals surface area contributed by atoms with E-state index in [1.165, 1.54) is 30.4 Å². The van der Waals surface area contributed by atoms with Crippen LogP contribution >= 0.6 is 24.0 Å². The average molecular weight is 481 g/mol. The molecule has 0 unspecified atom stereocenters. The molecule has 138 valence electrons. The molecule has 2 rings (SSSR count). The fourth-order valence-electron chi connectivity index (χ4n) is 1.84. The zero-order valence-electron chi connectivity index (χ0n) is 16.3. The number of benzene rings is 2. The standard InChI is InChI=1S/2C9H6N2O2.HI.H2/c1-7-2-3-8(10-5-12)4-9(7)11-6-13;1-7-8(10-5-12)3-2-4-9(7)11-6-13;;/h2*2-4H,1H3;2*1H/i;;;1+2D. The molecule has 0 heterocycles. The van der Waals surface area contributed by atoms with Crippen molar-refractivity contribution in [2.45, 2.75) is 13.8 Å². The lowest BCUT2D eigenvalue weighted by Crippen LogP contribution is -1.75. The number of hydrogen-bond acceptors (Lipinski definition) is 8. The van der Waals surface area contributed by atoms with Crippen molar-refractivity contribution in [3.8, 4) is 0 Å². The molecule has 0 aliphatic heterocycles. The molecule has 8 nitrogen and oxygen atoms in total. The third-order valence-corrected chi connectivity index (χ3v) is 3.14. The molecule has 0 N–H and O–H groups in total. The van der Waals surface area contributed by atoms with Crippen molar-refractivity contribution in [1.82, 2.24) is 0 Å². The maximum Gasteiger partial charge on any atom is 0.240 e. The highest BCUT2D eigenvalue weighted by Crippen LogP contribution is 2.27. The maximum absolute atomic E-state index is 10.00. The third-order valence-electron chi connectivity index (χ3n) is 3.14. The van der Waals surface area contributed by atoms with E-state index < -0.39 is 0 Å². The lowest BCUT2D eigenvalue weighted by molar-refractivity contribution is 0.564. The number of halogens is 1. The maximum atomic E-state index is 10.00. The predicted octanol–water partition coefficient (Wildman–Crippen LogP) is 4.72. The minimum absolute atomic E-state index is 0. The van der Waals surface area contributed by atoms with Gasteiger partial charge in [0.05, 0.1) is 22.7 Å². The molecule has 2 aromatic rings. The highest BCUT2D eigenvalue weighted by molar-refractivity contribution is 14.0. The van der Waals surface area contributed by atoms with E-state index in [0.717, 1.165) is 5.56 Å². The van der Waals surface area contributed by atoms with E-state index >= 15 is 0 Å². The number of hydrogen-bond donors (Lipinski definition) is 0. The van der Waals surface area contributed by atoms with Crippen LogP contribution < -0.4 is 0 Å². The van der Waals surface area contributed by atoms with Crippen molar-refractivity contribution in [2.24, 2.45) is 20.0 Å². The Balaban J connectivity index is 0. The first-order valence-electron chi connectivity index (χ1n) is 8.09. The van der Waals surface area contributed by atoms with Crippen LogP contribution in [0.2, 0.25) is 0 Å². The number of rotatable bonds is 4. The topological polar surface area (TPSA) is 118 Å². The zero-order chi connectivity index (χ0) is 21.4. The summed E-state index contributed by atoms with van der Waals surface area (Å²) in [7, 11) is 0. The molecule has 0 saturated heterocycles. The summed E-state index contributed by atoms with van der Waals surface area (Å²) in [6, 6.07) is 9.81. The van der Waals surface area contributed by atoms with Gasteiger partial charge < -0.3 is 0 Å². The summed E-state index contributed by atoms with van der Waals surface area (Å²) < 4.78 is 10.0. The van der Waals surface area contributed by atoms with Gasteiger partial charge >= 0.3 is 0 Å². The summed E-state index contributed by atoms with van der Waals surface area (Å²) >= 11 is 0. The average Bonchev–Trinajstić information content (AvgIpc) is 2.70. The van der Waals surface area contributed by atoms with E-state index in [0.29, 0.717) is 28.3 Å². The minimum Gasteiger partial charge on any atom is -0.211 e. The van der Waals surface area contributed by atoms with E-state index in [4.69, 9.17) is 2.97 Å². The lowest BCUT2D eigenvalue weighted by Gasteiger charge is -1.99. The Bertz CT molecular complexity index is 949. The minimum atomic E-state index is 0. The van der Waals surface area contributed by atoms with Gasteiger partial charge in [0.15, 0.2) is 0 Å². The van der Waals surface area contributed by atoms with E-state index in [-0.39, 0.29) is 24.0 Å². The quantitative estimate of drug-likeness (QED) is 0.357. The van der Waals surface area contributed by atoms with E-state index in [1.54, 1.807) is 44.2 Å². The fraction of sp³-hybridized carbons (Fsp3) is 0.111. The summed E-state index contributed by atoms with van der Waals surface area (Å²) in [6.07, 6.45) is 5.69. The SMILES string of the molecule is Cc1c(N=C=O)cccc1N=C=O.Cc1ccc(N=C=O)cc1N=C=O.I.[2H][3H]. The molecule has 0 amide bonds. The molecule has 2 aromatic carbocycles. The number of isocyanates is 4. The van der Waals surface area contributed by atoms with Crippen LogP contribution in [-0.2, 0) is 19.2 Å². The number of aliphatic imine (C=N–C) groups is 4. The Morgan fingerprint density at radius 2 is 1.26 bits per heavy atom. The Hall–Kier alpha value is -3.31. The number of aryl methyl sites for hydroxylation is 1. The highest BCUT2D eigenvalue weighted by Gasteiger charge is 2.01. The van der Waals surface area contributed by atoms with Crippen molar-refractivity contribution in [1.29, 1.82) is 0 Å².